The van der Waals surface area contributed by atoms with Crippen LogP contribution in [0.25, 0.3) is 0 Å². The van der Waals surface area contributed by atoms with Crippen molar-refractivity contribution in [2.24, 2.45) is 0 Å². The van der Waals surface area contributed by atoms with Gasteiger partial charge in [0, 0.05) is 10.5 Å². The first kappa shape index (κ1) is 22.1. The summed E-state index contributed by atoms with van der Waals surface area (Å²) in [5.41, 5.74) is 1.14. The van der Waals surface area contributed by atoms with E-state index in [-0.39, 0.29) is 22.1 Å². The number of benzene rings is 2. The summed E-state index contributed by atoms with van der Waals surface area (Å²) >= 11 is 7.26. The highest BCUT2D eigenvalue weighted by Crippen LogP contribution is 2.33. The van der Waals surface area contributed by atoms with E-state index in [2.05, 4.69) is 20.5 Å². The second-order valence-electron chi connectivity index (χ2n) is 6.75. The number of hydrogen-bond donors (Lipinski definition) is 1. The number of nitrogens with one attached hydrogen (secondary N) is 1. The van der Waals surface area contributed by atoms with E-state index in [1.54, 1.807) is 50.2 Å². The maximum atomic E-state index is 14.7. The average Bonchev–Trinajstić information content (AvgIpc) is 2.69. The van der Waals surface area contributed by atoms with Gasteiger partial charge < -0.3 is 5.32 Å². The molecule has 9 heteroatoms. The van der Waals surface area contributed by atoms with Gasteiger partial charge in [-0.1, -0.05) is 59.3 Å². The van der Waals surface area contributed by atoms with Gasteiger partial charge in [-0.2, -0.15) is 8.78 Å². The number of hydrogen-bond acceptors (Lipinski definition) is 5. The van der Waals surface area contributed by atoms with Gasteiger partial charge in [-0.3, -0.25) is 4.79 Å². The molecule has 156 valence electrons. The molecule has 3 rings (SSSR count). The minimum atomic E-state index is -3.24. The number of carbonyl (C=O) groups is 1. The summed E-state index contributed by atoms with van der Waals surface area (Å²) in [6, 6.07) is 11.7. The molecule has 0 aliphatic heterocycles. The molecule has 0 aliphatic rings. The van der Waals surface area contributed by atoms with Crippen LogP contribution in [0.3, 0.4) is 0 Å². The maximum absolute atomic E-state index is 14.7. The lowest BCUT2D eigenvalue weighted by atomic mass is 10.0. The van der Waals surface area contributed by atoms with Crippen LogP contribution in [0.2, 0.25) is 5.02 Å². The van der Waals surface area contributed by atoms with Gasteiger partial charge in [-0.05, 0) is 38.5 Å². The second kappa shape index (κ2) is 9.06. The fourth-order valence-electron chi connectivity index (χ4n) is 2.84. The third kappa shape index (κ3) is 5.12. The van der Waals surface area contributed by atoms with Crippen LogP contribution in [0.1, 0.15) is 33.0 Å². The smallest absolute Gasteiger partial charge is 0.290 e. The standard InChI is InChI=1S/C21H19ClF2N4OS/c1-12-8-9-15(13(2)10-12)21(23,24)11-25-19(29)18-20(28-27-14(3)26-18)30-17-7-5-4-6-16(17)22/h4-10H,11H2,1-3H3,(H,25,29). The molecule has 0 fully saturated rings. The third-order valence-corrected chi connectivity index (χ3v) is 5.75. The molecule has 0 bridgehead atoms. The number of aryl methyl sites for hydroxylation is 3. The molecule has 1 heterocycles. The van der Waals surface area contributed by atoms with Gasteiger partial charge in [0.25, 0.3) is 11.8 Å². The lowest BCUT2D eigenvalue weighted by molar-refractivity contribution is -0.00316. The van der Waals surface area contributed by atoms with Gasteiger partial charge in [0.15, 0.2) is 10.7 Å². The Morgan fingerprint density at radius 1 is 1.13 bits per heavy atom. The molecule has 30 heavy (non-hydrogen) atoms. The van der Waals surface area contributed by atoms with E-state index >= 15 is 0 Å². The molecule has 0 aliphatic carbocycles. The van der Waals surface area contributed by atoms with Crippen LogP contribution >= 0.6 is 23.4 Å². The van der Waals surface area contributed by atoms with E-state index in [0.717, 1.165) is 17.3 Å². The molecular weight excluding hydrogens is 430 g/mol. The predicted molar refractivity (Wildman–Crippen MR) is 112 cm³/mol. The van der Waals surface area contributed by atoms with Crippen LogP contribution in [0.4, 0.5) is 8.78 Å². The highest BCUT2D eigenvalue weighted by Gasteiger charge is 2.34. The Morgan fingerprint density at radius 3 is 2.57 bits per heavy atom. The molecule has 0 saturated carbocycles. The molecule has 5 nitrogen and oxygen atoms in total. The van der Waals surface area contributed by atoms with Crippen molar-refractivity contribution in [3.8, 4) is 0 Å². The quantitative estimate of drug-likeness (QED) is 0.566. The molecule has 0 atom stereocenters. The molecule has 1 aromatic heterocycles. The highest BCUT2D eigenvalue weighted by atomic mass is 35.5. The number of alkyl halides is 2. The summed E-state index contributed by atoms with van der Waals surface area (Å²) in [5.74, 6) is -3.74. The van der Waals surface area contributed by atoms with Crippen molar-refractivity contribution in [2.45, 2.75) is 36.6 Å². The molecule has 0 unspecified atom stereocenters. The lowest BCUT2D eigenvalue weighted by Gasteiger charge is -2.20. The monoisotopic (exact) mass is 448 g/mol. The van der Waals surface area contributed by atoms with Crippen molar-refractivity contribution in [3.05, 3.63) is 75.7 Å². The van der Waals surface area contributed by atoms with Crippen molar-refractivity contribution in [3.63, 3.8) is 0 Å². The Hall–Kier alpha value is -2.58. The van der Waals surface area contributed by atoms with E-state index in [0.29, 0.717) is 15.5 Å². The zero-order valence-corrected chi connectivity index (χ0v) is 18.1. The summed E-state index contributed by atoms with van der Waals surface area (Å²) in [7, 11) is 0. The molecule has 0 spiro atoms. The Morgan fingerprint density at radius 2 is 1.87 bits per heavy atom. The van der Waals surface area contributed by atoms with E-state index < -0.39 is 18.4 Å². The number of nitrogens with zero attached hydrogens (tertiary/aromatic N) is 3. The Labute approximate surface area is 182 Å². The molecule has 0 radical (unpaired) electrons. The first-order chi connectivity index (χ1) is 14.2. The first-order valence-corrected chi connectivity index (χ1v) is 10.2. The largest absolute Gasteiger partial charge is 0.344 e. The third-order valence-electron chi connectivity index (χ3n) is 4.27. The van der Waals surface area contributed by atoms with E-state index in [1.807, 2.05) is 6.92 Å². The number of rotatable bonds is 6. The molecule has 1 amide bonds. The van der Waals surface area contributed by atoms with Gasteiger partial charge in [0.2, 0.25) is 0 Å². The Bertz CT molecular complexity index is 1090. The van der Waals surface area contributed by atoms with Crippen LogP contribution in [0.15, 0.2) is 52.4 Å². The summed E-state index contributed by atoms with van der Waals surface area (Å²) in [6.07, 6.45) is 0. The van der Waals surface area contributed by atoms with Crippen molar-refractivity contribution in [1.82, 2.24) is 20.5 Å². The van der Waals surface area contributed by atoms with Crippen molar-refractivity contribution in [2.75, 3.05) is 6.54 Å². The topological polar surface area (TPSA) is 67.8 Å². The normalized spacial score (nSPS) is 11.4. The van der Waals surface area contributed by atoms with E-state index in [9.17, 15) is 13.6 Å². The number of amides is 1. The zero-order chi connectivity index (χ0) is 21.9. The minimum Gasteiger partial charge on any atom is -0.344 e. The number of aromatic nitrogens is 3. The fraction of sp³-hybridized carbons (Fsp3) is 0.238. The van der Waals surface area contributed by atoms with Gasteiger partial charge >= 0.3 is 0 Å². The van der Waals surface area contributed by atoms with Gasteiger partial charge in [0.05, 0.1) is 11.6 Å². The van der Waals surface area contributed by atoms with Crippen LogP contribution in [0, 0.1) is 20.8 Å². The second-order valence-corrected chi connectivity index (χ2v) is 8.19. The molecular formula is C21H19ClF2N4OS. The summed E-state index contributed by atoms with van der Waals surface area (Å²) < 4.78 is 29.4. The Balaban J connectivity index is 1.81. The van der Waals surface area contributed by atoms with Crippen LogP contribution < -0.4 is 5.32 Å². The first-order valence-electron chi connectivity index (χ1n) is 9.05. The van der Waals surface area contributed by atoms with Crippen LogP contribution in [-0.4, -0.2) is 27.6 Å². The zero-order valence-electron chi connectivity index (χ0n) is 16.5. The molecule has 3 aromatic rings. The van der Waals surface area contributed by atoms with Crippen LogP contribution in [0.5, 0.6) is 0 Å². The summed E-state index contributed by atoms with van der Waals surface area (Å²) in [5, 5.41) is 10.8. The minimum absolute atomic E-state index is 0.0798. The number of carbonyl (C=O) groups excluding carboxylic acids is 1. The molecule has 0 saturated heterocycles. The average molecular weight is 449 g/mol. The lowest BCUT2D eigenvalue weighted by Crippen LogP contribution is -2.36. The fourth-order valence-corrected chi connectivity index (χ4v) is 3.93. The van der Waals surface area contributed by atoms with Crippen molar-refractivity contribution in [1.29, 1.82) is 0 Å². The summed E-state index contributed by atoms with van der Waals surface area (Å²) in [6.45, 7) is 4.15. The van der Waals surface area contributed by atoms with Crippen molar-refractivity contribution < 1.29 is 13.6 Å². The Kier molecular flexibility index (Phi) is 6.67. The van der Waals surface area contributed by atoms with Gasteiger partial charge in [-0.15, -0.1) is 10.2 Å². The molecule has 2 aromatic carbocycles. The van der Waals surface area contributed by atoms with Crippen molar-refractivity contribution >= 4 is 29.3 Å². The van der Waals surface area contributed by atoms with Gasteiger partial charge in [0.1, 0.15) is 5.82 Å². The summed E-state index contributed by atoms with van der Waals surface area (Å²) in [4.78, 5) is 17.4. The van der Waals surface area contributed by atoms with E-state index in [4.69, 9.17) is 11.6 Å². The number of halogens is 3. The predicted octanol–water partition coefficient (Wildman–Crippen LogP) is 5.12. The highest BCUT2D eigenvalue weighted by molar-refractivity contribution is 7.99. The van der Waals surface area contributed by atoms with Crippen LogP contribution in [-0.2, 0) is 5.92 Å². The maximum Gasteiger partial charge on any atom is 0.290 e. The van der Waals surface area contributed by atoms with E-state index in [1.165, 1.54) is 6.07 Å². The van der Waals surface area contributed by atoms with Gasteiger partial charge in [-0.25, -0.2) is 4.98 Å². The SMILES string of the molecule is Cc1ccc(C(F)(F)CNC(=O)c2nc(C)nnc2Sc2ccccc2Cl)c(C)c1. The molecule has 1 N–H and O–H groups in total.